The van der Waals surface area contributed by atoms with Gasteiger partial charge in [0.2, 0.25) is 5.91 Å². The lowest BCUT2D eigenvalue weighted by atomic mass is 9.98. The number of anilines is 1. The fourth-order valence-corrected chi connectivity index (χ4v) is 3.10. The molecule has 0 spiro atoms. The Balaban J connectivity index is 1.75. The second kappa shape index (κ2) is 5.21. The number of fused-ring (bicyclic) bond motifs is 1. The van der Waals surface area contributed by atoms with Gasteiger partial charge in [-0.15, -0.1) is 0 Å². The first-order valence-electron chi connectivity index (χ1n) is 7.10. The summed E-state index contributed by atoms with van der Waals surface area (Å²) in [5.74, 6) is 0.237. The average molecular weight is 259 g/mol. The molecule has 0 bridgehead atoms. The van der Waals surface area contributed by atoms with Crippen LogP contribution in [0.1, 0.15) is 18.4 Å². The molecule has 4 nitrogen and oxygen atoms in total. The molecule has 3 rings (SSSR count). The summed E-state index contributed by atoms with van der Waals surface area (Å²) in [7, 11) is 0. The molecule has 2 heterocycles. The number of hydrogen-bond acceptors (Lipinski definition) is 3. The van der Waals surface area contributed by atoms with E-state index in [1.807, 2.05) is 17.0 Å². The largest absolute Gasteiger partial charge is 0.360 e. The van der Waals surface area contributed by atoms with Crippen LogP contribution in [0.15, 0.2) is 24.3 Å². The molecule has 2 aliphatic heterocycles. The number of hydrogen-bond donors (Lipinski definition) is 1. The Bertz CT molecular complexity index is 468. The normalized spacial score (nSPS) is 22.5. The molecule has 0 radical (unpaired) electrons. The van der Waals surface area contributed by atoms with Gasteiger partial charge in [0.15, 0.2) is 0 Å². The second-order valence-electron chi connectivity index (χ2n) is 5.56. The number of carbonyl (C=O) groups excluding carboxylic acids is 1. The minimum absolute atomic E-state index is 0.126. The maximum Gasteiger partial charge on any atom is 0.242 e. The number of nitrogens with two attached hydrogens (primary N) is 1. The zero-order valence-electron chi connectivity index (χ0n) is 11.2. The standard InChI is InChI=1S/C15H21N3O/c16-13-9-12-5-1-2-6-14(12)18(10-13)11-15(19)17-7-3-4-8-17/h1-2,5-6,13H,3-4,7-11,16H2. The van der Waals surface area contributed by atoms with E-state index in [1.165, 1.54) is 11.3 Å². The van der Waals surface area contributed by atoms with Crippen LogP contribution >= 0.6 is 0 Å². The topological polar surface area (TPSA) is 49.6 Å². The Morgan fingerprint density at radius 1 is 1.26 bits per heavy atom. The highest BCUT2D eigenvalue weighted by molar-refractivity contribution is 5.82. The number of para-hydroxylation sites is 1. The fraction of sp³-hybridized carbons (Fsp3) is 0.533. The van der Waals surface area contributed by atoms with E-state index in [4.69, 9.17) is 5.73 Å². The predicted molar refractivity (Wildman–Crippen MR) is 76.1 cm³/mol. The average Bonchev–Trinajstić information content (AvgIpc) is 2.92. The van der Waals surface area contributed by atoms with Crippen molar-refractivity contribution in [2.24, 2.45) is 5.73 Å². The maximum absolute atomic E-state index is 12.3. The molecule has 4 heteroatoms. The first-order valence-corrected chi connectivity index (χ1v) is 7.10. The summed E-state index contributed by atoms with van der Waals surface area (Å²) in [6.07, 6.45) is 3.19. The van der Waals surface area contributed by atoms with Crippen LogP contribution in [-0.2, 0) is 11.2 Å². The summed E-state index contributed by atoms with van der Waals surface area (Å²) < 4.78 is 0. The van der Waals surface area contributed by atoms with E-state index in [1.54, 1.807) is 0 Å². The Labute approximate surface area is 114 Å². The predicted octanol–water partition coefficient (Wildman–Crippen LogP) is 0.999. The van der Waals surface area contributed by atoms with Crippen LogP contribution in [-0.4, -0.2) is 43.0 Å². The molecule has 19 heavy (non-hydrogen) atoms. The Morgan fingerprint density at radius 3 is 2.79 bits per heavy atom. The van der Waals surface area contributed by atoms with E-state index in [9.17, 15) is 4.79 Å². The van der Waals surface area contributed by atoms with E-state index in [0.717, 1.165) is 38.9 Å². The van der Waals surface area contributed by atoms with Gasteiger partial charge in [-0.2, -0.15) is 0 Å². The highest BCUT2D eigenvalue weighted by Crippen LogP contribution is 2.26. The molecule has 2 aliphatic rings. The van der Waals surface area contributed by atoms with Crippen molar-refractivity contribution in [2.45, 2.75) is 25.3 Å². The van der Waals surface area contributed by atoms with Crippen LogP contribution in [0.2, 0.25) is 0 Å². The van der Waals surface area contributed by atoms with Crippen molar-refractivity contribution in [3.05, 3.63) is 29.8 Å². The van der Waals surface area contributed by atoms with Crippen LogP contribution < -0.4 is 10.6 Å². The molecule has 102 valence electrons. The number of benzene rings is 1. The van der Waals surface area contributed by atoms with Crippen LogP contribution in [0.25, 0.3) is 0 Å². The molecule has 1 saturated heterocycles. The zero-order valence-corrected chi connectivity index (χ0v) is 11.2. The fourth-order valence-electron chi connectivity index (χ4n) is 3.10. The molecule has 0 aliphatic carbocycles. The first-order chi connectivity index (χ1) is 9.24. The summed E-state index contributed by atoms with van der Waals surface area (Å²) in [5, 5.41) is 0. The van der Waals surface area contributed by atoms with Crippen molar-refractivity contribution in [1.29, 1.82) is 0 Å². The molecular formula is C15H21N3O. The van der Waals surface area contributed by atoms with Crippen molar-refractivity contribution < 1.29 is 4.79 Å². The second-order valence-corrected chi connectivity index (χ2v) is 5.56. The summed E-state index contributed by atoms with van der Waals surface area (Å²) in [6.45, 7) is 3.07. The van der Waals surface area contributed by atoms with Gasteiger partial charge < -0.3 is 15.5 Å². The third kappa shape index (κ3) is 2.59. The summed E-state index contributed by atoms with van der Waals surface area (Å²) >= 11 is 0. The van der Waals surface area contributed by atoms with Crippen molar-refractivity contribution in [3.63, 3.8) is 0 Å². The van der Waals surface area contributed by atoms with Crippen molar-refractivity contribution in [2.75, 3.05) is 31.1 Å². The van der Waals surface area contributed by atoms with Gasteiger partial charge in [0, 0.05) is 31.4 Å². The lowest BCUT2D eigenvalue weighted by Crippen LogP contribution is -2.47. The number of rotatable bonds is 2. The quantitative estimate of drug-likeness (QED) is 0.862. The third-order valence-electron chi connectivity index (χ3n) is 4.05. The third-order valence-corrected chi connectivity index (χ3v) is 4.05. The van der Waals surface area contributed by atoms with Crippen LogP contribution in [0.4, 0.5) is 5.69 Å². The number of nitrogens with zero attached hydrogens (tertiary/aromatic N) is 2. The molecule has 0 aromatic heterocycles. The van der Waals surface area contributed by atoms with Crippen molar-refractivity contribution >= 4 is 11.6 Å². The van der Waals surface area contributed by atoms with Gasteiger partial charge in [0.1, 0.15) is 0 Å². The monoisotopic (exact) mass is 259 g/mol. The Morgan fingerprint density at radius 2 is 2.00 bits per heavy atom. The van der Waals surface area contributed by atoms with E-state index < -0.39 is 0 Å². The van der Waals surface area contributed by atoms with Gasteiger partial charge in [-0.3, -0.25) is 4.79 Å². The van der Waals surface area contributed by atoms with Gasteiger partial charge >= 0.3 is 0 Å². The van der Waals surface area contributed by atoms with E-state index in [-0.39, 0.29) is 11.9 Å². The molecule has 1 amide bonds. The number of amides is 1. The highest BCUT2D eigenvalue weighted by atomic mass is 16.2. The van der Waals surface area contributed by atoms with E-state index in [2.05, 4.69) is 17.0 Å². The smallest absolute Gasteiger partial charge is 0.242 e. The van der Waals surface area contributed by atoms with Gasteiger partial charge in [0.05, 0.1) is 6.54 Å². The minimum atomic E-state index is 0.126. The van der Waals surface area contributed by atoms with Gasteiger partial charge in [-0.1, -0.05) is 18.2 Å². The zero-order chi connectivity index (χ0) is 13.2. The molecule has 1 atom stereocenters. The summed E-state index contributed by atoms with van der Waals surface area (Å²) in [5.41, 5.74) is 8.54. The van der Waals surface area contributed by atoms with Gasteiger partial charge in [-0.05, 0) is 30.9 Å². The molecule has 1 aromatic carbocycles. The Kier molecular flexibility index (Phi) is 3.42. The lowest BCUT2D eigenvalue weighted by molar-refractivity contribution is -0.128. The molecular weight excluding hydrogens is 238 g/mol. The maximum atomic E-state index is 12.3. The molecule has 1 fully saturated rings. The molecule has 0 saturated carbocycles. The number of likely N-dealkylation sites (tertiary alicyclic amines) is 1. The van der Waals surface area contributed by atoms with E-state index >= 15 is 0 Å². The number of carbonyl (C=O) groups is 1. The minimum Gasteiger partial charge on any atom is -0.360 e. The summed E-state index contributed by atoms with van der Waals surface area (Å²) in [4.78, 5) is 16.4. The van der Waals surface area contributed by atoms with Gasteiger partial charge in [0.25, 0.3) is 0 Å². The van der Waals surface area contributed by atoms with Crippen LogP contribution in [0, 0.1) is 0 Å². The van der Waals surface area contributed by atoms with Crippen LogP contribution in [0.5, 0.6) is 0 Å². The Hall–Kier alpha value is -1.55. The molecule has 1 aromatic rings. The van der Waals surface area contributed by atoms with Crippen molar-refractivity contribution in [3.8, 4) is 0 Å². The first kappa shape index (κ1) is 12.5. The van der Waals surface area contributed by atoms with Crippen LogP contribution in [0.3, 0.4) is 0 Å². The van der Waals surface area contributed by atoms with Gasteiger partial charge in [-0.25, -0.2) is 0 Å². The van der Waals surface area contributed by atoms with Crippen molar-refractivity contribution in [1.82, 2.24) is 4.90 Å². The highest BCUT2D eigenvalue weighted by Gasteiger charge is 2.26. The SMILES string of the molecule is NC1Cc2ccccc2N(CC(=O)N2CCCC2)C1. The summed E-state index contributed by atoms with van der Waals surface area (Å²) in [6, 6.07) is 8.40. The lowest BCUT2D eigenvalue weighted by Gasteiger charge is -2.35. The molecule has 2 N–H and O–H groups in total. The van der Waals surface area contributed by atoms with E-state index in [0.29, 0.717) is 6.54 Å². The molecule has 1 unspecified atom stereocenters.